The molecule has 2 aliphatic rings. The van der Waals surface area contributed by atoms with Crippen LogP contribution in [0.2, 0.25) is 0 Å². The maximum Gasteiger partial charge on any atom is 0.0576 e. The fraction of sp³-hybridized carbons (Fsp3) is 1.00. The van der Waals surface area contributed by atoms with Gasteiger partial charge in [-0.05, 0) is 52.0 Å². The summed E-state index contributed by atoms with van der Waals surface area (Å²) in [5, 5.41) is 3.73. The number of hydrogen-bond donors (Lipinski definition) is 1. The van der Waals surface area contributed by atoms with Gasteiger partial charge in [-0.25, -0.2) is 0 Å². The monoisotopic (exact) mass is 211 g/mol. The first-order valence-electron chi connectivity index (χ1n) is 6.65. The zero-order valence-corrected chi connectivity index (χ0v) is 10.1. The summed E-state index contributed by atoms with van der Waals surface area (Å²) in [7, 11) is 0. The second-order valence-corrected chi connectivity index (χ2v) is 5.47. The number of rotatable bonds is 3. The van der Waals surface area contributed by atoms with Crippen molar-refractivity contribution in [1.29, 1.82) is 0 Å². The van der Waals surface area contributed by atoms with Gasteiger partial charge in [0.15, 0.2) is 0 Å². The molecule has 2 saturated heterocycles. The lowest BCUT2D eigenvalue weighted by Gasteiger charge is -2.30. The molecular formula is C13H25NO. The highest BCUT2D eigenvalue weighted by Crippen LogP contribution is 2.26. The van der Waals surface area contributed by atoms with Crippen LogP contribution in [0.1, 0.15) is 58.3 Å². The Labute approximate surface area is 93.8 Å². The van der Waals surface area contributed by atoms with Crippen molar-refractivity contribution in [2.45, 2.75) is 69.9 Å². The summed E-state index contributed by atoms with van der Waals surface area (Å²) >= 11 is 0. The third-order valence-corrected chi connectivity index (χ3v) is 4.00. The zero-order valence-electron chi connectivity index (χ0n) is 10.1. The first-order valence-corrected chi connectivity index (χ1v) is 6.65. The normalized spacial score (nSPS) is 37.8. The molecule has 2 unspecified atom stereocenters. The van der Waals surface area contributed by atoms with Crippen molar-refractivity contribution >= 4 is 0 Å². The van der Waals surface area contributed by atoms with Crippen LogP contribution in [0.5, 0.6) is 0 Å². The molecule has 1 N–H and O–H groups in total. The van der Waals surface area contributed by atoms with Gasteiger partial charge in [0, 0.05) is 12.1 Å². The number of ether oxygens (including phenoxy) is 1. The molecule has 0 bridgehead atoms. The van der Waals surface area contributed by atoms with Crippen molar-refractivity contribution in [3.8, 4) is 0 Å². The molecule has 0 aromatic heterocycles. The lowest BCUT2D eigenvalue weighted by molar-refractivity contribution is 0.0936. The van der Waals surface area contributed by atoms with Gasteiger partial charge >= 0.3 is 0 Å². The highest BCUT2D eigenvalue weighted by molar-refractivity contribution is 4.86. The van der Waals surface area contributed by atoms with Gasteiger partial charge in [0.05, 0.1) is 6.10 Å². The molecule has 0 amide bonds. The summed E-state index contributed by atoms with van der Waals surface area (Å²) in [6.07, 6.45) is 11.2. The first kappa shape index (κ1) is 11.4. The fourth-order valence-electron chi connectivity index (χ4n) is 2.86. The standard InChI is InChI=1S/C13H25NO/c1-13(8-3-2-4-10-14-13)9-7-12-6-5-11-15-12/h12,14H,2-11H2,1H3. The maximum atomic E-state index is 5.69. The van der Waals surface area contributed by atoms with Crippen LogP contribution in [-0.4, -0.2) is 24.8 Å². The van der Waals surface area contributed by atoms with E-state index in [1.165, 1.54) is 57.9 Å². The lowest BCUT2D eigenvalue weighted by atomic mass is 9.89. The average Bonchev–Trinajstić information content (AvgIpc) is 2.65. The van der Waals surface area contributed by atoms with Gasteiger partial charge in [0.1, 0.15) is 0 Å². The van der Waals surface area contributed by atoms with Crippen LogP contribution < -0.4 is 5.32 Å². The van der Waals surface area contributed by atoms with Crippen molar-refractivity contribution in [3.05, 3.63) is 0 Å². The quantitative estimate of drug-likeness (QED) is 0.775. The minimum absolute atomic E-state index is 0.391. The molecule has 2 nitrogen and oxygen atoms in total. The summed E-state index contributed by atoms with van der Waals surface area (Å²) in [4.78, 5) is 0. The third-order valence-electron chi connectivity index (χ3n) is 4.00. The topological polar surface area (TPSA) is 21.3 Å². The Morgan fingerprint density at radius 2 is 2.20 bits per heavy atom. The van der Waals surface area contributed by atoms with Gasteiger partial charge in [0.25, 0.3) is 0 Å². The van der Waals surface area contributed by atoms with Gasteiger partial charge in [-0.3, -0.25) is 0 Å². The Morgan fingerprint density at radius 3 is 3.00 bits per heavy atom. The van der Waals surface area contributed by atoms with Gasteiger partial charge in [0.2, 0.25) is 0 Å². The third kappa shape index (κ3) is 3.46. The molecule has 0 aromatic carbocycles. The van der Waals surface area contributed by atoms with Crippen LogP contribution in [0, 0.1) is 0 Å². The summed E-state index contributed by atoms with van der Waals surface area (Å²) in [6, 6.07) is 0. The van der Waals surface area contributed by atoms with Crippen molar-refractivity contribution in [2.24, 2.45) is 0 Å². The molecule has 15 heavy (non-hydrogen) atoms. The van der Waals surface area contributed by atoms with E-state index in [2.05, 4.69) is 12.2 Å². The molecule has 0 aliphatic carbocycles. The molecule has 0 spiro atoms. The Bertz CT molecular complexity index is 179. The molecule has 2 aliphatic heterocycles. The van der Waals surface area contributed by atoms with E-state index in [1.807, 2.05) is 0 Å². The van der Waals surface area contributed by atoms with Gasteiger partial charge in [-0.1, -0.05) is 12.8 Å². The first-order chi connectivity index (χ1) is 7.29. The molecule has 2 heteroatoms. The molecular weight excluding hydrogens is 186 g/mol. The molecule has 2 heterocycles. The number of nitrogens with one attached hydrogen (secondary N) is 1. The highest BCUT2D eigenvalue weighted by Gasteiger charge is 2.26. The van der Waals surface area contributed by atoms with Crippen molar-refractivity contribution in [2.75, 3.05) is 13.2 Å². The minimum atomic E-state index is 0.391. The SMILES string of the molecule is CC1(CCC2CCCO2)CCCCCN1. The Kier molecular flexibility index (Phi) is 4.04. The van der Waals surface area contributed by atoms with Crippen LogP contribution >= 0.6 is 0 Å². The smallest absolute Gasteiger partial charge is 0.0576 e. The van der Waals surface area contributed by atoms with E-state index in [-0.39, 0.29) is 0 Å². The molecule has 0 radical (unpaired) electrons. The van der Waals surface area contributed by atoms with Gasteiger partial charge in [-0.15, -0.1) is 0 Å². The largest absolute Gasteiger partial charge is 0.378 e. The molecule has 2 atom stereocenters. The zero-order chi connectivity index (χ0) is 10.6. The maximum absolute atomic E-state index is 5.69. The second-order valence-electron chi connectivity index (χ2n) is 5.47. The minimum Gasteiger partial charge on any atom is -0.378 e. The summed E-state index contributed by atoms with van der Waals surface area (Å²) < 4.78 is 5.69. The van der Waals surface area contributed by atoms with E-state index in [0.717, 1.165) is 6.61 Å². The average molecular weight is 211 g/mol. The van der Waals surface area contributed by atoms with Gasteiger partial charge < -0.3 is 10.1 Å². The van der Waals surface area contributed by atoms with E-state index in [1.54, 1.807) is 0 Å². The number of hydrogen-bond acceptors (Lipinski definition) is 2. The molecule has 0 saturated carbocycles. The molecule has 2 fully saturated rings. The summed E-state index contributed by atoms with van der Waals surface area (Å²) in [5.41, 5.74) is 0.391. The predicted molar refractivity (Wildman–Crippen MR) is 63.1 cm³/mol. The van der Waals surface area contributed by atoms with Crippen LogP contribution in [0.3, 0.4) is 0 Å². The van der Waals surface area contributed by atoms with E-state index >= 15 is 0 Å². The van der Waals surface area contributed by atoms with Crippen molar-refractivity contribution < 1.29 is 4.74 Å². The molecule has 2 rings (SSSR count). The van der Waals surface area contributed by atoms with Crippen molar-refractivity contribution in [1.82, 2.24) is 5.32 Å². The Hall–Kier alpha value is -0.0800. The van der Waals surface area contributed by atoms with Crippen molar-refractivity contribution in [3.63, 3.8) is 0 Å². The van der Waals surface area contributed by atoms with E-state index in [9.17, 15) is 0 Å². The molecule has 0 aromatic rings. The molecule has 88 valence electrons. The van der Waals surface area contributed by atoms with Gasteiger partial charge in [-0.2, -0.15) is 0 Å². The second kappa shape index (κ2) is 5.31. The Morgan fingerprint density at radius 1 is 1.27 bits per heavy atom. The van der Waals surface area contributed by atoms with E-state index in [4.69, 9.17) is 4.74 Å². The van der Waals surface area contributed by atoms with E-state index < -0.39 is 0 Å². The fourth-order valence-corrected chi connectivity index (χ4v) is 2.86. The van der Waals surface area contributed by atoms with Crippen LogP contribution in [0.15, 0.2) is 0 Å². The summed E-state index contributed by atoms with van der Waals surface area (Å²) in [6.45, 7) is 4.60. The lowest BCUT2D eigenvalue weighted by Crippen LogP contribution is -2.42. The predicted octanol–water partition coefficient (Wildman–Crippen LogP) is 2.87. The highest BCUT2D eigenvalue weighted by atomic mass is 16.5. The van der Waals surface area contributed by atoms with Crippen LogP contribution in [0.4, 0.5) is 0 Å². The van der Waals surface area contributed by atoms with Crippen LogP contribution in [-0.2, 0) is 4.74 Å². The van der Waals surface area contributed by atoms with E-state index in [0.29, 0.717) is 11.6 Å². The van der Waals surface area contributed by atoms with Crippen LogP contribution in [0.25, 0.3) is 0 Å². The Balaban J connectivity index is 1.75. The summed E-state index contributed by atoms with van der Waals surface area (Å²) in [5.74, 6) is 0.